The Morgan fingerprint density at radius 1 is 1.33 bits per heavy atom. The first-order chi connectivity index (χ1) is 7.29. The number of hydrogen-bond acceptors (Lipinski definition) is 3. The van der Waals surface area contributed by atoms with Gasteiger partial charge in [-0.1, -0.05) is 6.92 Å². The summed E-state index contributed by atoms with van der Waals surface area (Å²) in [5.74, 6) is 0.689. The minimum Gasteiger partial charge on any atom is -0.334 e. The minimum atomic E-state index is 0.281. The van der Waals surface area contributed by atoms with Crippen LogP contribution in [0, 0.1) is 5.92 Å². The summed E-state index contributed by atoms with van der Waals surface area (Å²) in [5.41, 5.74) is 0. The average Bonchev–Trinajstić information content (AvgIpc) is 2.14. The van der Waals surface area contributed by atoms with E-state index in [1.165, 1.54) is 6.42 Å². The minimum absolute atomic E-state index is 0.281. The van der Waals surface area contributed by atoms with E-state index >= 15 is 0 Å². The number of carbonyl (C=O) groups is 1. The smallest absolute Gasteiger partial charge is 0.228 e. The van der Waals surface area contributed by atoms with Gasteiger partial charge in [-0.2, -0.15) is 0 Å². The van der Waals surface area contributed by atoms with E-state index in [-0.39, 0.29) is 5.92 Å². The first-order valence-electron chi connectivity index (χ1n) is 6.05. The molecule has 0 aromatic rings. The molecule has 0 saturated carbocycles. The molecule has 4 heteroatoms. The Bertz CT molecular complexity index is 265. The molecule has 4 fully saturated rings. The highest BCUT2D eigenvalue weighted by Crippen LogP contribution is 2.33. The molecule has 1 amide bonds. The number of carbonyl (C=O) groups excluding carboxylic acids is 1. The van der Waals surface area contributed by atoms with Crippen LogP contribution in [0.3, 0.4) is 0 Å². The molecule has 1 N–H and O–H groups in total. The number of hydrogen-bond donors (Lipinski definition) is 1. The molecule has 4 nitrogen and oxygen atoms in total. The molecule has 0 aliphatic carbocycles. The monoisotopic (exact) mass is 209 g/mol. The molecule has 2 bridgehead atoms. The van der Waals surface area contributed by atoms with Gasteiger partial charge in [0.2, 0.25) is 5.91 Å². The van der Waals surface area contributed by atoms with Crippen LogP contribution < -0.4 is 5.32 Å². The highest BCUT2D eigenvalue weighted by molar-refractivity contribution is 5.82. The molecule has 4 aliphatic rings. The van der Waals surface area contributed by atoms with Crippen LogP contribution in [-0.4, -0.2) is 60.5 Å². The molecule has 2 atom stereocenters. The van der Waals surface area contributed by atoms with Crippen molar-refractivity contribution >= 4 is 5.91 Å². The first kappa shape index (κ1) is 9.60. The van der Waals surface area contributed by atoms with Crippen LogP contribution in [0.4, 0.5) is 0 Å². The molecule has 4 rings (SSSR count). The van der Waals surface area contributed by atoms with Gasteiger partial charge in [-0.05, 0) is 13.0 Å². The molecule has 84 valence electrons. The molecule has 15 heavy (non-hydrogen) atoms. The summed E-state index contributed by atoms with van der Waals surface area (Å²) in [6.45, 7) is 7.31. The van der Waals surface area contributed by atoms with Gasteiger partial charge in [0.15, 0.2) is 0 Å². The van der Waals surface area contributed by atoms with Crippen LogP contribution >= 0.6 is 0 Å². The normalized spacial score (nSPS) is 35.9. The van der Waals surface area contributed by atoms with Gasteiger partial charge in [0, 0.05) is 38.3 Å². The Labute approximate surface area is 90.6 Å². The molecule has 0 spiro atoms. The Balaban J connectivity index is 1.63. The van der Waals surface area contributed by atoms with Gasteiger partial charge in [-0.3, -0.25) is 9.69 Å². The van der Waals surface area contributed by atoms with E-state index in [0.29, 0.717) is 18.0 Å². The largest absolute Gasteiger partial charge is 0.334 e. The molecule has 2 unspecified atom stereocenters. The van der Waals surface area contributed by atoms with Crippen molar-refractivity contribution in [1.29, 1.82) is 0 Å². The lowest BCUT2D eigenvalue weighted by Crippen LogP contribution is -2.72. The second-order valence-electron chi connectivity index (χ2n) is 5.00. The summed E-state index contributed by atoms with van der Waals surface area (Å²) in [6.07, 6.45) is 1.24. The summed E-state index contributed by atoms with van der Waals surface area (Å²) >= 11 is 0. The highest BCUT2D eigenvalue weighted by Gasteiger charge is 2.48. The zero-order valence-electron chi connectivity index (χ0n) is 9.28. The molecule has 4 aliphatic heterocycles. The van der Waals surface area contributed by atoms with Crippen molar-refractivity contribution in [3.8, 4) is 0 Å². The van der Waals surface area contributed by atoms with E-state index in [1.54, 1.807) is 0 Å². The molecular weight excluding hydrogens is 190 g/mol. The number of nitrogens with zero attached hydrogens (tertiary/aromatic N) is 2. The predicted molar refractivity (Wildman–Crippen MR) is 57.5 cm³/mol. The zero-order valence-corrected chi connectivity index (χ0v) is 9.28. The summed E-state index contributed by atoms with van der Waals surface area (Å²) in [5, 5.41) is 3.17. The fourth-order valence-corrected chi connectivity index (χ4v) is 2.99. The lowest BCUT2D eigenvalue weighted by molar-refractivity contribution is -0.159. The number of nitrogens with one attached hydrogen (secondary N) is 1. The fraction of sp³-hybridized carbons (Fsp3) is 0.909. The number of fused-ring (bicyclic) bond motifs is 2. The second-order valence-corrected chi connectivity index (χ2v) is 5.00. The highest BCUT2D eigenvalue weighted by atomic mass is 16.2. The Hall–Kier alpha value is -0.610. The van der Waals surface area contributed by atoms with Crippen molar-refractivity contribution in [3.63, 3.8) is 0 Å². The number of piperazine rings is 1. The maximum absolute atomic E-state index is 12.1. The number of piperidine rings is 1. The first-order valence-corrected chi connectivity index (χ1v) is 6.05. The summed E-state index contributed by atoms with van der Waals surface area (Å²) in [7, 11) is 0. The van der Waals surface area contributed by atoms with E-state index in [4.69, 9.17) is 0 Å². The van der Waals surface area contributed by atoms with Gasteiger partial charge < -0.3 is 10.2 Å². The number of likely N-dealkylation sites (N-methyl/N-ethyl adjacent to an activating group) is 1. The topological polar surface area (TPSA) is 35.6 Å². The van der Waals surface area contributed by atoms with Crippen LogP contribution in [0.2, 0.25) is 0 Å². The van der Waals surface area contributed by atoms with Crippen LogP contribution in [0.15, 0.2) is 0 Å². The Morgan fingerprint density at radius 2 is 2.00 bits per heavy atom. The van der Waals surface area contributed by atoms with Gasteiger partial charge in [-0.25, -0.2) is 0 Å². The third-order valence-electron chi connectivity index (χ3n) is 4.10. The van der Waals surface area contributed by atoms with Gasteiger partial charge in [-0.15, -0.1) is 0 Å². The maximum Gasteiger partial charge on any atom is 0.228 e. The van der Waals surface area contributed by atoms with Crippen LogP contribution in [-0.2, 0) is 4.79 Å². The van der Waals surface area contributed by atoms with Crippen LogP contribution in [0.1, 0.15) is 13.3 Å². The van der Waals surface area contributed by atoms with E-state index in [9.17, 15) is 4.79 Å². The van der Waals surface area contributed by atoms with E-state index in [0.717, 1.165) is 32.7 Å². The molecule has 4 saturated heterocycles. The standard InChI is InChI=1S/C11H19N3O/c1-2-13-6-9-3-10(7-13)14(9)11(15)8-4-12-5-8/h8-10,12H,2-7H2,1H3. The van der Waals surface area contributed by atoms with Gasteiger partial charge in [0.05, 0.1) is 5.92 Å². The molecule has 0 aromatic carbocycles. The third-order valence-corrected chi connectivity index (χ3v) is 4.10. The Morgan fingerprint density at radius 3 is 2.47 bits per heavy atom. The molecule has 0 aromatic heterocycles. The van der Waals surface area contributed by atoms with E-state index < -0.39 is 0 Å². The summed E-state index contributed by atoms with van der Waals surface area (Å²) in [6, 6.07) is 1.05. The molecular formula is C11H19N3O. The SMILES string of the molecule is CCN1CC2CC(C1)N2C(=O)C1CNC1. The summed E-state index contributed by atoms with van der Waals surface area (Å²) in [4.78, 5) is 16.7. The van der Waals surface area contributed by atoms with Crippen molar-refractivity contribution in [2.75, 3.05) is 32.7 Å². The fourth-order valence-electron chi connectivity index (χ4n) is 2.99. The van der Waals surface area contributed by atoms with Crippen molar-refractivity contribution in [1.82, 2.24) is 15.1 Å². The molecule has 0 radical (unpaired) electrons. The lowest BCUT2D eigenvalue weighted by atomic mass is 9.85. The van der Waals surface area contributed by atoms with Crippen molar-refractivity contribution in [2.24, 2.45) is 5.92 Å². The second kappa shape index (κ2) is 3.46. The number of amides is 1. The zero-order chi connectivity index (χ0) is 10.4. The third kappa shape index (κ3) is 1.39. The lowest BCUT2D eigenvalue weighted by Gasteiger charge is -2.57. The Kier molecular flexibility index (Phi) is 2.21. The quantitative estimate of drug-likeness (QED) is 0.666. The predicted octanol–water partition coefficient (Wildman–Crippen LogP) is -0.489. The van der Waals surface area contributed by atoms with Gasteiger partial charge in [0.25, 0.3) is 0 Å². The maximum atomic E-state index is 12.1. The average molecular weight is 209 g/mol. The van der Waals surface area contributed by atoms with E-state index in [1.807, 2.05) is 0 Å². The van der Waals surface area contributed by atoms with E-state index in [2.05, 4.69) is 22.0 Å². The number of rotatable bonds is 2. The van der Waals surface area contributed by atoms with Crippen LogP contribution in [0.5, 0.6) is 0 Å². The summed E-state index contributed by atoms with van der Waals surface area (Å²) < 4.78 is 0. The molecule has 4 heterocycles. The van der Waals surface area contributed by atoms with Crippen LogP contribution in [0.25, 0.3) is 0 Å². The van der Waals surface area contributed by atoms with Crippen molar-refractivity contribution in [3.05, 3.63) is 0 Å². The van der Waals surface area contributed by atoms with Crippen molar-refractivity contribution < 1.29 is 4.79 Å². The van der Waals surface area contributed by atoms with Gasteiger partial charge >= 0.3 is 0 Å². The van der Waals surface area contributed by atoms with Gasteiger partial charge in [0.1, 0.15) is 0 Å². The van der Waals surface area contributed by atoms with Crippen molar-refractivity contribution in [2.45, 2.75) is 25.4 Å².